The molecule has 0 aromatic carbocycles. The molecule has 0 radical (unpaired) electrons. The molecular formula is C13H17N5. The van der Waals surface area contributed by atoms with Gasteiger partial charge in [-0.15, -0.1) is 0 Å². The van der Waals surface area contributed by atoms with Crippen LogP contribution in [0.1, 0.15) is 31.0 Å². The number of nitrogen functional groups attached to an aromatic ring is 1. The molecule has 2 rings (SSSR count). The average Bonchev–Trinajstić information content (AvgIpc) is 2.37. The number of nitrogens with zero attached hydrogens (tertiary/aromatic N) is 3. The van der Waals surface area contributed by atoms with Crippen molar-refractivity contribution in [2.24, 2.45) is 0 Å². The van der Waals surface area contributed by atoms with Crippen LogP contribution >= 0.6 is 0 Å². The molecule has 18 heavy (non-hydrogen) atoms. The summed E-state index contributed by atoms with van der Waals surface area (Å²) in [6.07, 6.45) is 3.25. The van der Waals surface area contributed by atoms with Gasteiger partial charge in [-0.25, -0.2) is 9.97 Å². The van der Waals surface area contributed by atoms with E-state index < -0.39 is 0 Å². The highest BCUT2D eigenvalue weighted by molar-refractivity contribution is 5.56. The van der Waals surface area contributed by atoms with E-state index in [1.807, 2.05) is 18.2 Å². The van der Waals surface area contributed by atoms with Crippen molar-refractivity contribution >= 4 is 11.6 Å². The zero-order chi connectivity index (χ0) is 13.0. The van der Waals surface area contributed by atoms with Crippen LogP contribution in [0.3, 0.4) is 0 Å². The van der Waals surface area contributed by atoms with Crippen LogP contribution < -0.4 is 11.1 Å². The zero-order valence-electron chi connectivity index (χ0n) is 10.6. The lowest BCUT2D eigenvalue weighted by Crippen LogP contribution is -2.10. The van der Waals surface area contributed by atoms with Gasteiger partial charge in [0, 0.05) is 11.8 Å². The summed E-state index contributed by atoms with van der Waals surface area (Å²) in [6, 6.07) is 5.82. The van der Waals surface area contributed by atoms with Gasteiger partial charge in [0.2, 0.25) is 0 Å². The van der Waals surface area contributed by atoms with E-state index in [9.17, 15) is 0 Å². The molecule has 0 saturated heterocycles. The molecule has 3 N–H and O–H groups in total. The summed E-state index contributed by atoms with van der Waals surface area (Å²) >= 11 is 0. The van der Waals surface area contributed by atoms with Crippen LogP contribution in [0, 0.1) is 0 Å². The summed E-state index contributed by atoms with van der Waals surface area (Å²) in [5.74, 6) is 1.59. The number of hydrogen-bond donors (Lipinski definition) is 2. The maximum Gasteiger partial charge on any atom is 0.135 e. The Hall–Kier alpha value is -2.17. The summed E-state index contributed by atoms with van der Waals surface area (Å²) in [5, 5.41) is 3.26. The van der Waals surface area contributed by atoms with Gasteiger partial charge >= 0.3 is 0 Å². The van der Waals surface area contributed by atoms with Crippen LogP contribution in [-0.4, -0.2) is 15.0 Å². The Balaban J connectivity index is 2.17. The highest BCUT2D eigenvalue weighted by Gasteiger charge is 2.12. The summed E-state index contributed by atoms with van der Waals surface area (Å²) in [7, 11) is 0. The summed E-state index contributed by atoms with van der Waals surface area (Å²) in [5.41, 5.74) is 7.80. The van der Waals surface area contributed by atoms with Crippen LogP contribution in [0.25, 0.3) is 0 Å². The predicted octanol–water partition coefficient (Wildman–Crippen LogP) is 2.19. The molecule has 2 aromatic rings. The first kappa shape index (κ1) is 12.3. The molecule has 0 aliphatic carbocycles. The van der Waals surface area contributed by atoms with E-state index in [0.29, 0.717) is 12.4 Å². The third-order valence-corrected chi connectivity index (χ3v) is 2.66. The largest absolute Gasteiger partial charge is 0.383 e. The van der Waals surface area contributed by atoms with Crippen LogP contribution in [0.4, 0.5) is 11.6 Å². The summed E-state index contributed by atoms with van der Waals surface area (Å²) < 4.78 is 0. The van der Waals surface area contributed by atoms with Crippen molar-refractivity contribution < 1.29 is 0 Å². The number of aromatic nitrogens is 3. The Bertz CT molecular complexity index is 510. The minimum atomic E-state index is 0.275. The van der Waals surface area contributed by atoms with E-state index in [1.165, 1.54) is 6.33 Å². The van der Waals surface area contributed by atoms with E-state index in [1.54, 1.807) is 6.20 Å². The molecule has 0 aliphatic heterocycles. The number of nitrogens with two attached hydrogens (primary N) is 1. The van der Waals surface area contributed by atoms with Crippen molar-refractivity contribution in [3.63, 3.8) is 0 Å². The lowest BCUT2D eigenvalue weighted by molar-refractivity contribution is 0.848. The Morgan fingerprint density at radius 1 is 1.22 bits per heavy atom. The third kappa shape index (κ3) is 2.74. The van der Waals surface area contributed by atoms with E-state index in [-0.39, 0.29) is 5.92 Å². The van der Waals surface area contributed by atoms with Gasteiger partial charge in [-0.05, 0) is 18.1 Å². The maximum atomic E-state index is 5.88. The molecule has 2 aromatic heterocycles. The Morgan fingerprint density at radius 3 is 2.72 bits per heavy atom. The minimum Gasteiger partial charge on any atom is -0.383 e. The number of hydrogen-bond acceptors (Lipinski definition) is 5. The first-order chi connectivity index (χ1) is 8.68. The molecule has 0 aliphatic rings. The Morgan fingerprint density at radius 2 is 2.06 bits per heavy atom. The third-order valence-electron chi connectivity index (χ3n) is 2.66. The highest BCUT2D eigenvalue weighted by Crippen LogP contribution is 2.26. The minimum absolute atomic E-state index is 0.275. The predicted molar refractivity (Wildman–Crippen MR) is 72.1 cm³/mol. The Labute approximate surface area is 106 Å². The van der Waals surface area contributed by atoms with Gasteiger partial charge < -0.3 is 11.1 Å². The van der Waals surface area contributed by atoms with Gasteiger partial charge in [0.25, 0.3) is 0 Å². The smallest absolute Gasteiger partial charge is 0.135 e. The number of pyridine rings is 1. The molecule has 0 amide bonds. The molecule has 0 saturated carbocycles. The fourth-order valence-corrected chi connectivity index (χ4v) is 1.80. The number of rotatable bonds is 4. The van der Waals surface area contributed by atoms with Gasteiger partial charge in [0.1, 0.15) is 18.0 Å². The van der Waals surface area contributed by atoms with Gasteiger partial charge in [-0.1, -0.05) is 19.9 Å². The number of anilines is 2. The molecule has 5 nitrogen and oxygen atoms in total. The van der Waals surface area contributed by atoms with E-state index in [0.717, 1.165) is 17.1 Å². The fraction of sp³-hybridized carbons (Fsp3) is 0.308. The second kappa shape index (κ2) is 5.44. The number of nitrogens with one attached hydrogen (secondary N) is 1. The second-order valence-electron chi connectivity index (χ2n) is 4.35. The molecule has 94 valence electrons. The van der Waals surface area contributed by atoms with Crippen LogP contribution in [0.2, 0.25) is 0 Å². The standard InChI is InChI=1S/C13H17N5/c1-9(2)11-12(14)17-8-18-13(11)16-7-10-5-3-4-6-15-10/h3-6,8-9H,7H2,1-2H3,(H3,14,16,17,18). The van der Waals surface area contributed by atoms with Crippen molar-refractivity contribution in [1.29, 1.82) is 0 Å². The molecule has 0 atom stereocenters. The van der Waals surface area contributed by atoms with Gasteiger partial charge in [0.15, 0.2) is 0 Å². The molecular weight excluding hydrogens is 226 g/mol. The zero-order valence-corrected chi connectivity index (χ0v) is 10.6. The van der Waals surface area contributed by atoms with Crippen molar-refractivity contribution in [1.82, 2.24) is 15.0 Å². The van der Waals surface area contributed by atoms with Crippen molar-refractivity contribution in [3.05, 3.63) is 42.0 Å². The topological polar surface area (TPSA) is 76.7 Å². The summed E-state index contributed by atoms with van der Waals surface area (Å²) in [4.78, 5) is 12.5. The molecule has 0 unspecified atom stereocenters. The second-order valence-corrected chi connectivity index (χ2v) is 4.35. The molecule has 0 bridgehead atoms. The van der Waals surface area contributed by atoms with Crippen LogP contribution in [0.15, 0.2) is 30.7 Å². The first-order valence-corrected chi connectivity index (χ1v) is 5.92. The highest BCUT2D eigenvalue weighted by atomic mass is 15.0. The average molecular weight is 243 g/mol. The van der Waals surface area contributed by atoms with Crippen molar-refractivity contribution in [2.45, 2.75) is 26.3 Å². The lowest BCUT2D eigenvalue weighted by Gasteiger charge is -2.14. The van der Waals surface area contributed by atoms with Crippen molar-refractivity contribution in [2.75, 3.05) is 11.1 Å². The van der Waals surface area contributed by atoms with Crippen molar-refractivity contribution in [3.8, 4) is 0 Å². The Kier molecular flexibility index (Phi) is 3.72. The molecule has 5 heteroatoms. The fourth-order valence-electron chi connectivity index (χ4n) is 1.80. The maximum absolute atomic E-state index is 5.88. The first-order valence-electron chi connectivity index (χ1n) is 5.92. The molecule has 2 heterocycles. The lowest BCUT2D eigenvalue weighted by atomic mass is 10.0. The van der Waals surface area contributed by atoms with E-state index >= 15 is 0 Å². The van der Waals surface area contributed by atoms with Crippen LogP contribution in [-0.2, 0) is 6.54 Å². The van der Waals surface area contributed by atoms with Gasteiger partial charge in [0.05, 0.1) is 12.2 Å². The quantitative estimate of drug-likeness (QED) is 0.860. The SMILES string of the molecule is CC(C)c1c(N)ncnc1NCc1ccccn1. The monoisotopic (exact) mass is 243 g/mol. The normalized spacial score (nSPS) is 10.6. The molecule has 0 spiro atoms. The van der Waals surface area contributed by atoms with Gasteiger partial charge in [-0.3, -0.25) is 4.98 Å². The summed E-state index contributed by atoms with van der Waals surface area (Å²) in [6.45, 7) is 4.76. The van der Waals surface area contributed by atoms with Gasteiger partial charge in [-0.2, -0.15) is 0 Å². The van der Waals surface area contributed by atoms with Crippen LogP contribution in [0.5, 0.6) is 0 Å². The van der Waals surface area contributed by atoms with E-state index in [2.05, 4.69) is 34.1 Å². The van der Waals surface area contributed by atoms with E-state index in [4.69, 9.17) is 5.73 Å². The molecule has 0 fully saturated rings.